The summed E-state index contributed by atoms with van der Waals surface area (Å²) < 4.78 is 31.3. The molecule has 0 saturated carbocycles. The van der Waals surface area contributed by atoms with Crippen LogP contribution in [0.4, 0.5) is 4.79 Å². The third-order valence-electron chi connectivity index (χ3n) is 3.45. The molecule has 1 amide bonds. The maximum absolute atomic E-state index is 12.7. The van der Waals surface area contributed by atoms with Crippen LogP contribution in [0.3, 0.4) is 0 Å². The predicted octanol–water partition coefficient (Wildman–Crippen LogP) is 3.02. The van der Waals surface area contributed by atoms with E-state index < -0.39 is 26.8 Å². The van der Waals surface area contributed by atoms with Gasteiger partial charge in [-0.15, -0.1) is 0 Å². The molecule has 0 radical (unpaired) electrons. The van der Waals surface area contributed by atoms with Crippen molar-refractivity contribution < 1.29 is 17.9 Å². The van der Waals surface area contributed by atoms with Crippen molar-refractivity contribution in [1.82, 2.24) is 9.88 Å². The third-order valence-corrected chi connectivity index (χ3v) is 5.96. The quantitative estimate of drug-likeness (QED) is 0.707. The number of ether oxygens (including phenoxy) is 1. The van der Waals surface area contributed by atoms with E-state index in [9.17, 15) is 13.2 Å². The molecule has 8 heteroatoms. The van der Waals surface area contributed by atoms with E-state index in [0.717, 1.165) is 0 Å². The van der Waals surface area contributed by atoms with Crippen LogP contribution in [-0.2, 0) is 14.6 Å². The van der Waals surface area contributed by atoms with Crippen molar-refractivity contribution in [3.8, 4) is 0 Å². The molecule has 1 aromatic rings. The Morgan fingerprint density at radius 1 is 1.39 bits per heavy atom. The fourth-order valence-corrected chi connectivity index (χ4v) is 4.55. The highest BCUT2D eigenvalue weighted by Gasteiger charge is 2.36. The van der Waals surface area contributed by atoms with Crippen molar-refractivity contribution in [1.29, 1.82) is 0 Å². The molecule has 0 spiro atoms. The minimum atomic E-state index is -3.59. The van der Waals surface area contributed by atoms with Crippen molar-refractivity contribution in [2.75, 3.05) is 13.1 Å². The van der Waals surface area contributed by atoms with E-state index in [4.69, 9.17) is 4.74 Å². The van der Waals surface area contributed by atoms with Crippen molar-refractivity contribution in [2.45, 2.75) is 49.5 Å². The van der Waals surface area contributed by atoms with Crippen LogP contribution in [-0.4, -0.2) is 48.3 Å². The molecule has 1 atom stereocenters. The van der Waals surface area contributed by atoms with Gasteiger partial charge in [-0.1, -0.05) is 6.07 Å². The van der Waals surface area contributed by atoms with Crippen molar-refractivity contribution in [3.63, 3.8) is 0 Å². The number of sulfone groups is 1. The van der Waals surface area contributed by atoms with Gasteiger partial charge in [0.15, 0.2) is 14.9 Å². The van der Waals surface area contributed by atoms with Gasteiger partial charge in [0.05, 0.1) is 5.25 Å². The van der Waals surface area contributed by atoms with Crippen molar-refractivity contribution in [3.05, 3.63) is 22.8 Å². The molecular formula is C15H21BrN2O4S. The Balaban J connectivity index is 2.16. The fourth-order valence-electron chi connectivity index (χ4n) is 2.40. The van der Waals surface area contributed by atoms with Crippen molar-refractivity contribution in [2.24, 2.45) is 0 Å². The smallest absolute Gasteiger partial charge is 0.410 e. The molecule has 2 heterocycles. The molecule has 2 rings (SSSR count). The molecule has 128 valence electrons. The maximum atomic E-state index is 12.7. The zero-order valence-corrected chi connectivity index (χ0v) is 15.9. The highest BCUT2D eigenvalue weighted by Crippen LogP contribution is 2.24. The van der Waals surface area contributed by atoms with Gasteiger partial charge in [-0.3, -0.25) is 0 Å². The highest BCUT2D eigenvalue weighted by atomic mass is 79.9. The number of carbonyl (C=O) groups is 1. The molecule has 1 aliphatic heterocycles. The maximum Gasteiger partial charge on any atom is 0.410 e. The Labute approximate surface area is 145 Å². The van der Waals surface area contributed by atoms with Gasteiger partial charge in [0.1, 0.15) is 10.2 Å². The molecule has 6 nitrogen and oxygen atoms in total. The summed E-state index contributed by atoms with van der Waals surface area (Å²) in [6.45, 7) is 6.00. The van der Waals surface area contributed by atoms with Crippen LogP contribution in [0.2, 0.25) is 0 Å². The number of nitrogens with zero attached hydrogens (tertiary/aromatic N) is 2. The molecule has 1 saturated heterocycles. The van der Waals surface area contributed by atoms with Gasteiger partial charge in [-0.25, -0.2) is 18.2 Å². The van der Waals surface area contributed by atoms with Crippen LogP contribution in [0.25, 0.3) is 0 Å². The van der Waals surface area contributed by atoms with E-state index in [1.165, 1.54) is 11.0 Å². The SMILES string of the molecule is CC(C)(C)OC(=O)N1CCC[C@@H](S(=O)(=O)c2cccc(Br)n2)C1. The summed E-state index contributed by atoms with van der Waals surface area (Å²) >= 11 is 3.19. The summed E-state index contributed by atoms with van der Waals surface area (Å²) in [5, 5.41) is -0.631. The molecule has 0 aromatic carbocycles. The van der Waals surface area contributed by atoms with Gasteiger partial charge < -0.3 is 9.64 Å². The molecule has 1 aromatic heterocycles. The number of pyridine rings is 1. The van der Waals surface area contributed by atoms with Crippen LogP contribution in [0, 0.1) is 0 Å². The lowest BCUT2D eigenvalue weighted by molar-refractivity contribution is 0.0219. The first kappa shape index (κ1) is 18.2. The summed E-state index contributed by atoms with van der Waals surface area (Å²) in [7, 11) is -3.59. The number of aromatic nitrogens is 1. The number of amides is 1. The first-order valence-corrected chi connectivity index (χ1v) is 9.78. The van der Waals surface area contributed by atoms with Gasteiger partial charge in [0.2, 0.25) is 0 Å². The van der Waals surface area contributed by atoms with Crippen LogP contribution < -0.4 is 0 Å². The molecule has 23 heavy (non-hydrogen) atoms. The average Bonchev–Trinajstić information content (AvgIpc) is 2.45. The lowest BCUT2D eigenvalue weighted by Crippen LogP contribution is -2.47. The monoisotopic (exact) mass is 404 g/mol. The van der Waals surface area contributed by atoms with Crippen LogP contribution in [0.1, 0.15) is 33.6 Å². The van der Waals surface area contributed by atoms with E-state index in [1.807, 2.05) is 0 Å². The number of hydrogen-bond donors (Lipinski definition) is 0. The number of carbonyl (C=O) groups excluding carboxylic acids is 1. The number of halogens is 1. The van der Waals surface area contributed by atoms with Gasteiger partial charge in [0, 0.05) is 13.1 Å². The summed E-state index contributed by atoms with van der Waals surface area (Å²) in [5.74, 6) is 0. The van der Waals surface area contributed by atoms with E-state index >= 15 is 0 Å². The second kappa shape index (κ2) is 6.76. The van der Waals surface area contributed by atoms with E-state index in [2.05, 4.69) is 20.9 Å². The fraction of sp³-hybridized carbons (Fsp3) is 0.600. The Hall–Kier alpha value is -1.15. The van der Waals surface area contributed by atoms with E-state index in [0.29, 0.717) is 24.0 Å². The zero-order chi connectivity index (χ0) is 17.3. The second-order valence-electron chi connectivity index (χ2n) is 6.53. The molecule has 0 bridgehead atoms. The Kier molecular flexibility index (Phi) is 5.35. The summed E-state index contributed by atoms with van der Waals surface area (Å²) in [6, 6.07) is 4.79. The molecule has 0 aliphatic carbocycles. The topological polar surface area (TPSA) is 76.6 Å². The first-order chi connectivity index (χ1) is 10.6. The molecular weight excluding hydrogens is 384 g/mol. The molecule has 0 unspecified atom stereocenters. The molecule has 0 N–H and O–H groups in total. The first-order valence-electron chi connectivity index (χ1n) is 7.44. The van der Waals surface area contributed by atoms with E-state index in [-0.39, 0.29) is 11.6 Å². The number of likely N-dealkylation sites (tertiary alicyclic amines) is 1. The predicted molar refractivity (Wildman–Crippen MR) is 90.0 cm³/mol. The van der Waals surface area contributed by atoms with Crippen LogP contribution in [0.5, 0.6) is 0 Å². The van der Waals surface area contributed by atoms with Gasteiger partial charge >= 0.3 is 6.09 Å². The number of hydrogen-bond acceptors (Lipinski definition) is 5. The minimum absolute atomic E-state index is 0.0305. The van der Waals surface area contributed by atoms with Gasteiger partial charge in [-0.05, 0) is 61.7 Å². The van der Waals surface area contributed by atoms with Gasteiger partial charge in [0.25, 0.3) is 0 Å². The summed E-state index contributed by atoms with van der Waals surface area (Å²) in [6.07, 6.45) is 0.659. The molecule has 1 fully saturated rings. The number of piperidine rings is 1. The third kappa shape index (κ3) is 4.67. The second-order valence-corrected chi connectivity index (χ2v) is 9.52. The zero-order valence-electron chi connectivity index (χ0n) is 13.5. The Morgan fingerprint density at radius 3 is 2.70 bits per heavy atom. The summed E-state index contributed by atoms with van der Waals surface area (Å²) in [5.41, 5.74) is -0.602. The standard InChI is InChI=1S/C15H21BrN2O4S/c1-15(2,3)22-14(19)18-9-5-6-11(10-18)23(20,21)13-8-4-7-12(16)17-13/h4,7-8,11H,5-6,9-10H2,1-3H3/t11-/m1/s1. The lowest BCUT2D eigenvalue weighted by Gasteiger charge is -2.33. The normalized spacial score (nSPS) is 19.5. The highest BCUT2D eigenvalue weighted by molar-refractivity contribution is 9.10. The van der Waals surface area contributed by atoms with Crippen LogP contribution >= 0.6 is 15.9 Å². The lowest BCUT2D eigenvalue weighted by atomic mass is 10.1. The average molecular weight is 405 g/mol. The Morgan fingerprint density at radius 2 is 2.09 bits per heavy atom. The molecule has 1 aliphatic rings. The minimum Gasteiger partial charge on any atom is -0.444 e. The van der Waals surface area contributed by atoms with Crippen molar-refractivity contribution >= 4 is 31.9 Å². The van der Waals surface area contributed by atoms with E-state index in [1.54, 1.807) is 32.9 Å². The summed E-state index contributed by atoms with van der Waals surface area (Å²) in [4.78, 5) is 17.7. The largest absolute Gasteiger partial charge is 0.444 e. The Bertz CT molecular complexity index is 685. The number of rotatable bonds is 2. The van der Waals surface area contributed by atoms with Crippen LogP contribution in [0.15, 0.2) is 27.8 Å². The van der Waals surface area contributed by atoms with Gasteiger partial charge in [-0.2, -0.15) is 0 Å².